The largest absolute Gasteiger partial charge is 0.497 e. The first-order chi connectivity index (χ1) is 21.5. The Kier molecular flexibility index (Phi) is 10.0. The standard InChI is InChI=1S/C31H41BrN6O7/c1-31(2,3)45-30(40)38-16-24(44-18-21(38)15-36(20-8-9-20)17-25(39)43-6)29-35-27(32)26-28(33-11-12-37(26)29)34-14-19-7-10-22(41-4)13-23(19)42-5/h7,10-13,20-21,24H,8-9,14-18H2,1-6H3,(H,33,34)/t21-,24-/m1/s1. The minimum absolute atomic E-state index is 0.159. The van der Waals surface area contributed by atoms with Crippen molar-refractivity contribution in [2.24, 2.45) is 0 Å². The summed E-state index contributed by atoms with van der Waals surface area (Å²) < 4.78 is 30.5. The van der Waals surface area contributed by atoms with Crippen molar-refractivity contribution in [3.05, 3.63) is 46.6 Å². The Hall–Kier alpha value is -3.62. The predicted molar refractivity (Wildman–Crippen MR) is 170 cm³/mol. The lowest BCUT2D eigenvalue weighted by Crippen LogP contribution is -2.56. The van der Waals surface area contributed by atoms with E-state index in [1.165, 1.54) is 7.11 Å². The van der Waals surface area contributed by atoms with E-state index in [4.69, 9.17) is 28.7 Å². The number of rotatable bonds is 11. The molecule has 3 aromatic rings. The van der Waals surface area contributed by atoms with Crippen molar-refractivity contribution < 1.29 is 33.3 Å². The number of nitrogens with one attached hydrogen (secondary N) is 1. The van der Waals surface area contributed by atoms with Gasteiger partial charge in [-0.05, 0) is 61.7 Å². The molecule has 2 aliphatic rings. The van der Waals surface area contributed by atoms with Gasteiger partial charge in [0.2, 0.25) is 0 Å². The second-order valence-electron chi connectivity index (χ2n) is 12.1. The summed E-state index contributed by atoms with van der Waals surface area (Å²) in [5.74, 6) is 2.32. The zero-order valence-electron chi connectivity index (χ0n) is 26.5. The van der Waals surface area contributed by atoms with E-state index >= 15 is 0 Å². The molecule has 45 heavy (non-hydrogen) atoms. The van der Waals surface area contributed by atoms with Gasteiger partial charge in [-0.15, -0.1) is 0 Å². The van der Waals surface area contributed by atoms with Crippen LogP contribution in [0.2, 0.25) is 0 Å². The van der Waals surface area contributed by atoms with Crippen LogP contribution in [0.1, 0.15) is 51.1 Å². The van der Waals surface area contributed by atoms with Gasteiger partial charge in [0.15, 0.2) is 5.82 Å². The van der Waals surface area contributed by atoms with Crippen molar-refractivity contribution in [1.29, 1.82) is 0 Å². The highest BCUT2D eigenvalue weighted by Crippen LogP contribution is 2.34. The van der Waals surface area contributed by atoms with Gasteiger partial charge in [0.05, 0.1) is 47.1 Å². The van der Waals surface area contributed by atoms with E-state index in [0.717, 1.165) is 23.9 Å². The number of imidazole rings is 1. The Morgan fingerprint density at radius 1 is 1.18 bits per heavy atom. The molecule has 14 heteroatoms. The Morgan fingerprint density at radius 3 is 2.62 bits per heavy atom. The molecule has 1 aliphatic carbocycles. The van der Waals surface area contributed by atoms with Crippen LogP contribution < -0.4 is 14.8 Å². The molecule has 0 unspecified atom stereocenters. The number of benzene rings is 1. The summed E-state index contributed by atoms with van der Waals surface area (Å²) in [5, 5.41) is 3.40. The lowest BCUT2D eigenvalue weighted by molar-refractivity contribution is -0.142. The van der Waals surface area contributed by atoms with E-state index < -0.39 is 17.8 Å². The van der Waals surface area contributed by atoms with Crippen LogP contribution >= 0.6 is 15.9 Å². The number of hydrogen-bond donors (Lipinski definition) is 1. The molecule has 1 saturated carbocycles. The lowest BCUT2D eigenvalue weighted by Gasteiger charge is -2.41. The molecular formula is C31H41BrN6O7. The fourth-order valence-electron chi connectivity index (χ4n) is 5.39. The normalized spacial score (nSPS) is 18.6. The first kappa shape index (κ1) is 32.8. The molecule has 0 bridgehead atoms. The highest BCUT2D eigenvalue weighted by molar-refractivity contribution is 9.10. The number of amides is 1. The quantitative estimate of drug-likeness (QED) is 0.287. The van der Waals surface area contributed by atoms with Crippen LogP contribution in [0.5, 0.6) is 11.5 Å². The topological polar surface area (TPSA) is 129 Å². The Balaban J connectivity index is 1.38. The number of morpholine rings is 1. The number of esters is 1. The summed E-state index contributed by atoms with van der Waals surface area (Å²) in [7, 11) is 4.62. The molecule has 1 saturated heterocycles. The van der Waals surface area contributed by atoms with Crippen LogP contribution in [0.3, 0.4) is 0 Å². The first-order valence-corrected chi connectivity index (χ1v) is 15.7. The summed E-state index contributed by atoms with van der Waals surface area (Å²) in [6.45, 7) is 7.06. The van der Waals surface area contributed by atoms with Gasteiger partial charge in [-0.2, -0.15) is 0 Å². The smallest absolute Gasteiger partial charge is 0.410 e. The second kappa shape index (κ2) is 13.8. The van der Waals surface area contributed by atoms with Gasteiger partial charge >= 0.3 is 12.1 Å². The maximum atomic E-state index is 13.5. The molecular weight excluding hydrogens is 648 g/mol. The van der Waals surface area contributed by atoms with E-state index in [-0.39, 0.29) is 37.7 Å². The molecule has 1 amide bonds. The fraction of sp³-hybridized carbons (Fsp3) is 0.548. The third kappa shape index (κ3) is 7.79. The number of nitrogens with zero attached hydrogens (tertiary/aromatic N) is 5. The maximum absolute atomic E-state index is 13.5. The molecule has 1 N–H and O–H groups in total. The van der Waals surface area contributed by atoms with Gasteiger partial charge in [-0.25, -0.2) is 14.8 Å². The summed E-state index contributed by atoms with van der Waals surface area (Å²) in [6, 6.07) is 5.61. The van der Waals surface area contributed by atoms with Crippen molar-refractivity contribution in [1.82, 2.24) is 24.2 Å². The summed E-state index contributed by atoms with van der Waals surface area (Å²) in [6.07, 6.45) is 4.54. The van der Waals surface area contributed by atoms with Crippen LogP contribution in [-0.2, 0) is 25.5 Å². The predicted octanol–water partition coefficient (Wildman–Crippen LogP) is 4.44. The van der Waals surface area contributed by atoms with Gasteiger partial charge in [-0.1, -0.05) is 0 Å². The van der Waals surface area contributed by atoms with Crippen molar-refractivity contribution >= 4 is 39.3 Å². The summed E-state index contributed by atoms with van der Waals surface area (Å²) in [5.41, 5.74) is 0.979. The number of aromatic nitrogens is 3. The molecule has 2 fully saturated rings. The highest BCUT2D eigenvalue weighted by Gasteiger charge is 2.41. The van der Waals surface area contributed by atoms with E-state index in [0.29, 0.717) is 40.8 Å². The Labute approximate surface area is 271 Å². The summed E-state index contributed by atoms with van der Waals surface area (Å²) in [4.78, 5) is 38.8. The molecule has 3 heterocycles. The third-order valence-electron chi connectivity index (χ3n) is 7.76. The van der Waals surface area contributed by atoms with Crippen molar-refractivity contribution in [2.45, 2.75) is 63.9 Å². The highest BCUT2D eigenvalue weighted by atomic mass is 79.9. The van der Waals surface area contributed by atoms with Crippen LogP contribution in [0.25, 0.3) is 5.52 Å². The molecule has 1 aliphatic heterocycles. The number of carbonyl (C=O) groups excluding carboxylic acids is 2. The molecule has 5 rings (SSSR count). The molecule has 1 aromatic carbocycles. The number of methoxy groups -OCH3 is 3. The average molecular weight is 690 g/mol. The SMILES string of the molecule is COC(=O)CN(C[C@@H]1CO[C@@H](c2nc(Br)c3c(NCc4ccc(OC)cc4OC)nccn23)CN1C(=O)OC(C)(C)C)C1CC1. The van der Waals surface area contributed by atoms with Crippen LogP contribution in [0.4, 0.5) is 10.6 Å². The molecule has 244 valence electrons. The summed E-state index contributed by atoms with van der Waals surface area (Å²) >= 11 is 3.63. The second-order valence-corrected chi connectivity index (χ2v) is 12.9. The third-order valence-corrected chi connectivity index (χ3v) is 8.31. The zero-order chi connectivity index (χ0) is 32.3. The van der Waals surface area contributed by atoms with Gasteiger partial charge in [0, 0.05) is 43.2 Å². The first-order valence-electron chi connectivity index (χ1n) is 14.9. The van der Waals surface area contributed by atoms with Gasteiger partial charge < -0.3 is 29.0 Å². The van der Waals surface area contributed by atoms with Crippen LogP contribution in [-0.4, -0.2) is 101 Å². The van der Waals surface area contributed by atoms with Crippen LogP contribution in [0.15, 0.2) is 35.2 Å². The molecule has 0 radical (unpaired) electrons. The van der Waals surface area contributed by atoms with E-state index in [2.05, 4.69) is 31.1 Å². The fourth-order valence-corrected chi connectivity index (χ4v) is 5.95. The van der Waals surface area contributed by atoms with Crippen molar-refractivity contribution in [3.8, 4) is 11.5 Å². The van der Waals surface area contributed by atoms with Crippen molar-refractivity contribution in [3.63, 3.8) is 0 Å². The lowest BCUT2D eigenvalue weighted by atomic mass is 10.1. The van der Waals surface area contributed by atoms with Crippen LogP contribution in [0, 0.1) is 0 Å². The van der Waals surface area contributed by atoms with E-state index in [1.807, 2.05) is 49.6 Å². The van der Waals surface area contributed by atoms with E-state index in [1.54, 1.807) is 25.3 Å². The molecule has 13 nitrogen and oxygen atoms in total. The molecule has 2 aromatic heterocycles. The zero-order valence-corrected chi connectivity index (χ0v) is 28.1. The monoisotopic (exact) mass is 688 g/mol. The average Bonchev–Trinajstić information content (AvgIpc) is 3.81. The van der Waals surface area contributed by atoms with Crippen molar-refractivity contribution in [2.75, 3.05) is 52.9 Å². The minimum Gasteiger partial charge on any atom is -0.497 e. The van der Waals surface area contributed by atoms with Gasteiger partial charge in [0.25, 0.3) is 0 Å². The molecule has 0 spiro atoms. The number of anilines is 1. The van der Waals surface area contributed by atoms with Gasteiger partial charge in [0.1, 0.15) is 39.1 Å². The molecule has 2 atom stereocenters. The number of carbonyl (C=O) groups is 2. The number of ether oxygens (including phenoxy) is 5. The van der Waals surface area contributed by atoms with E-state index in [9.17, 15) is 9.59 Å². The Bertz CT molecular complexity index is 1520. The minimum atomic E-state index is -0.681. The van der Waals surface area contributed by atoms with Gasteiger partial charge in [-0.3, -0.25) is 19.0 Å². The Morgan fingerprint density at radius 2 is 1.96 bits per heavy atom. The number of fused-ring (bicyclic) bond motifs is 1. The maximum Gasteiger partial charge on any atom is 0.410 e. The number of hydrogen-bond acceptors (Lipinski definition) is 11. The number of halogens is 1.